The zero-order valence-electron chi connectivity index (χ0n) is 14.5. The first-order valence-corrected chi connectivity index (χ1v) is 8.24. The molecule has 2 aromatic carbocycles. The Morgan fingerprint density at radius 2 is 1.89 bits per heavy atom. The maximum Gasteiger partial charge on any atom is 0.335 e. The second-order valence-corrected chi connectivity index (χ2v) is 6.26. The standard InChI is InChI=1S/C21H16N4O2/c1-12-17(10-22)19(14-3-2-4-15(9-14)21(26)27)18(11-23)20(25-12)13-5-7-16(24)8-6-13/h2-9,17,19H,24H2,1H3,(H,26,27). The molecule has 6 heteroatoms. The topological polar surface area (TPSA) is 123 Å². The molecule has 0 saturated carbocycles. The van der Waals surface area contributed by atoms with Gasteiger partial charge in [-0.05, 0) is 36.8 Å². The Balaban J connectivity index is 2.23. The minimum atomic E-state index is -1.06. The summed E-state index contributed by atoms with van der Waals surface area (Å²) >= 11 is 0. The zero-order chi connectivity index (χ0) is 19.6. The minimum Gasteiger partial charge on any atom is -0.478 e. The van der Waals surface area contributed by atoms with E-state index in [1.165, 1.54) is 12.1 Å². The predicted octanol–water partition coefficient (Wildman–Crippen LogP) is 3.60. The summed E-state index contributed by atoms with van der Waals surface area (Å²) in [7, 11) is 0. The van der Waals surface area contributed by atoms with E-state index in [-0.39, 0.29) is 5.56 Å². The molecule has 0 aromatic heterocycles. The smallest absolute Gasteiger partial charge is 0.335 e. The van der Waals surface area contributed by atoms with Gasteiger partial charge in [-0.1, -0.05) is 24.3 Å². The Kier molecular flexibility index (Phi) is 4.74. The summed E-state index contributed by atoms with van der Waals surface area (Å²) in [5, 5.41) is 28.8. The number of carbonyl (C=O) groups is 1. The lowest BCUT2D eigenvalue weighted by Gasteiger charge is -2.28. The number of hydrogen-bond acceptors (Lipinski definition) is 5. The highest BCUT2D eigenvalue weighted by Crippen LogP contribution is 2.41. The Hall–Kier alpha value is -3.90. The van der Waals surface area contributed by atoms with Crippen molar-refractivity contribution in [1.82, 2.24) is 0 Å². The molecular formula is C21H16N4O2. The zero-order valence-corrected chi connectivity index (χ0v) is 14.5. The fourth-order valence-corrected chi connectivity index (χ4v) is 3.24. The van der Waals surface area contributed by atoms with Gasteiger partial charge in [0, 0.05) is 22.9 Å². The summed E-state index contributed by atoms with van der Waals surface area (Å²) < 4.78 is 0. The van der Waals surface area contributed by atoms with Gasteiger partial charge < -0.3 is 10.8 Å². The molecule has 2 atom stereocenters. The lowest BCUT2D eigenvalue weighted by molar-refractivity contribution is 0.0696. The van der Waals surface area contributed by atoms with Crippen molar-refractivity contribution >= 4 is 23.1 Å². The van der Waals surface area contributed by atoms with E-state index in [4.69, 9.17) is 5.73 Å². The molecular weight excluding hydrogens is 340 g/mol. The Morgan fingerprint density at radius 3 is 2.48 bits per heavy atom. The highest BCUT2D eigenvalue weighted by molar-refractivity contribution is 5.97. The van der Waals surface area contributed by atoms with Crippen LogP contribution in [0.5, 0.6) is 0 Å². The van der Waals surface area contributed by atoms with E-state index in [1.807, 2.05) is 0 Å². The number of nitrogen functional groups attached to an aromatic ring is 1. The number of allylic oxidation sites excluding steroid dienone is 1. The van der Waals surface area contributed by atoms with Crippen LogP contribution in [0.25, 0.3) is 5.70 Å². The second kappa shape index (κ2) is 7.15. The molecule has 0 radical (unpaired) electrons. The van der Waals surface area contributed by atoms with Crippen molar-refractivity contribution in [3.63, 3.8) is 0 Å². The van der Waals surface area contributed by atoms with Crippen molar-refractivity contribution in [2.24, 2.45) is 10.9 Å². The van der Waals surface area contributed by atoms with Gasteiger partial charge >= 0.3 is 5.97 Å². The number of benzene rings is 2. The van der Waals surface area contributed by atoms with Crippen molar-refractivity contribution in [3.05, 3.63) is 70.8 Å². The third-order valence-corrected chi connectivity index (χ3v) is 4.57. The van der Waals surface area contributed by atoms with Gasteiger partial charge in [-0.15, -0.1) is 0 Å². The molecule has 0 fully saturated rings. The molecule has 2 unspecified atom stereocenters. The van der Waals surface area contributed by atoms with Crippen molar-refractivity contribution in [1.29, 1.82) is 10.5 Å². The summed E-state index contributed by atoms with van der Waals surface area (Å²) in [6, 6.07) is 17.7. The highest BCUT2D eigenvalue weighted by atomic mass is 16.4. The molecule has 2 aromatic rings. The van der Waals surface area contributed by atoms with Crippen molar-refractivity contribution in [2.45, 2.75) is 12.8 Å². The van der Waals surface area contributed by atoms with E-state index in [1.54, 1.807) is 43.3 Å². The van der Waals surface area contributed by atoms with Gasteiger partial charge in [0.25, 0.3) is 0 Å². The number of anilines is 1. The molecule has 6 nitrogen and oxygen atoms in total. The average Bonchev–Trinajstić information content (AvgIpc) is 2.67. The molecule has 0 spiro atoms. The fraction of sp³-hybridized carbons (Fsp3) is 0.143. The summed E-state index contributed by atoms with van der Waals surface area (Å²) in [5.41, 5.74) is 9.15. The molecule has 3 rings (SSSR count). The van der Waals surface area contributed by atoms with Crippen LogP contribution in [0.15, 0.2) is 59.1 Å². The average molecular weight is 356 g/mol. The Bertz CT molecular complexity index is 1050. The summed E-state index contributed by atoms with van der Waals surface area (Å²) in [4.78, 5) is 15.9. The molecule has 1 aliphatic rings. The van der Waals surface area contributed by atoms with E-state index in [9.17, 15) is 20.4 Å². The summed E-state index contributed by atoms with van der Waals surface area (Å²) in [5.74, 6) is -2.31. The number of carboxylic acid groups (broad SMARTS) is 1. The maximum atomic E-state index is 11.3. The third-order valence-electron chi connectivity index (χ3n) is 4.57. The molecule has 0 aliphatic carbocycles. The normalized spacial score (nSPS) is 19.0. The number of rotatable bonds is 3. The van der Waals surface area contributed by atoms with Crippen LogP contribution in [0.2, 0.25) is 0 Å². The number of nitrogens with zero attached hydrogens (tertiary/aromatic N) is 3. The number of aromatic carboxylic acids is 1. The molecule has 1 aliphatic heterocycles. The number of nitrogens with two attached hydrogens (primary N) is 1. The number of aliphatic imine (C=N–C) groups is 1. The van der Waals surface area contributed by atoms with Crippen molar-refractivity contribution < 1.29 is 9.90 Å². The molecule has 27 heavy (non-hydrogen) atoms. The highest BCUT2D eigenvalue weighted by Gasteiger charge is 2.35. The molecule has 0 amide bonds. The first kappa shape index (κ1) is 17.9. The number of nitriles is 2. The van der Waals surface area contributed by atoms with Crippen LogP contribution in [-0.4, -0.2) is 16.8 Å². The lowest BCUT2D eigenvalue weighted by atomic mass is 9.76. The summed E-state index contributed by atoms with van der Waals surface area (Å²) in [6.45, 7) is 1.74. The van der Waals surface area contributed by atoms with Crippen LogP contribution in [0, 0.1) is 28.6 Å². The minimum absolute atomic E-state index is 0.107. The van der Waals surface area contributed by atoms with Gasteiger partial charge in [-0.3, -0.25) is 4.99 Å². The van der Waals surface area contributed by atoms with Gasteiger partial charge in [0.2, 0.25) is 0 Å². The quantitative estimate of drug-likeness (QED) is 0.813. The molecule has 0 saturated heterocycles. The third kappa shape index (κ3) is 3.29. The summed E-state index contributed by atoms with van der Waals surface area (Å²) in [6.07, 6.45) is 0. The van der Waals surface area contributed by atoms with Crippen LogP contribution in [0.3, 0.4) is 0 Å². The van der Waals surface area contributed by atoms with Gasteiger partial charge in [0.1, 0.15) is 0 Å². The molecule has 132 valence electrons. The van der Waals surface area contributed by atoms with Gasteiger partial charge in [0.15, 0.2) is 0 Å². The first-order chi connectivity index (χ1) is 13.0. The van der Waals surface area contributed by atoms with Crippen LogP contribution < -0.4 is 5.73 Å². The van der Waals surface area contributed by atoms with E-state index in [2.05, 4.69) is 17.1 Å². The van der Waals surface area contributed by atoms with Crippen LogP contribution >= 0.6 is 0 Å². The Labute approximate surface area is 156 Å². The Morgan fingerprint density at radius 1 is 1.19 bits per heavy atom. The molecule has 0 bridgehead atoms. The first-order valence-electron chi connectivity index (χ1n) is 8.24. The van der Waals surface area contributed by atoms with Crippen LogP contribution in [0.1, 0.15) is 34.3 Å². The predicted molar refractivity (Wildman–Crippen MR) is 102 cm³/mol. The monoisotopic (exact) mass is 356 g/mol. The molecule has 3 N–H and O–H groups in total. The van der Waals surface area contributed by atoms with Gasteiger partial charge in [-0.25, -0.2) is 4.79 Å². The second-order valence-electron chi connectivity index (χ2n) is 6.26. The number of carboxylic acids is 1. The van der Waals surface area contributed by atoms with Gasteiger partial charge in [-0.2, -0.15) is 10.5 Å². The van der Waals surface area contributed by atoms with E-state index in [0.29, 0.717) is 28.2 Å². The van der Waals surface area contributed by atoms with E-state index in [0.717, 1.165) is 5.56 Å². The largest absolute Gasteiger partial charge is 0.478 e. The SMILES string of the molecule is CC1=NC(c2ccc(N)cc2)=C(C#N)C(c2cccc(C(=O)O)c2)C1C#N. The van der Waals surface area contributed by atoms with Crippen LogP contribution in [0.4, 0.5) is 5.69 Å². The van der Waals surface area contributed by atoms with Crippen molar-refractivity contribution in [2.75, 3.05) is 5.73 Å². The lowest BCUT2D eigenvalue weighted by Crippen LogP contribution is -2.25. The molecule has 1 heterocycles. The van der Waals surface area contributed by atoms with Crippen LogP contribution in [-0.2, 0) is 0 Å². The number of hydrogen-bond donors (Lipinski definition) is 2. The van der Waals surface area contributed by atoms with Crippen molar-refractivity contribution in [3.8, 4) is 12.1 Å². The van der Waals surface area contributed by atoms with E-state index < -0.39 is 17.8 Å². The fourth-order valence-electron chi connectivity index (χ4n) is 3.24. The van der Waals surface area contributed by atoms with E-state index >= 15 is 0 Å². The maximum absolute atomic E-state index is 11.3. The van der Waals surface area contributed by atoms with Gasteiger partial charge in [0.05, 0.1) is 34.9 Å².